The van der Waals surface area contributed by atoms with E-state index in [-0.39, 0.29) is 0 Å². The van der Waals surface area contributed by atoms with Crippen LogP contribution < -0.4 is 0 Å². The van der Waals surface area contributed by atoms with Gasteiger partial charge in [0.05, 0.1) is 0 Å². The van der Waals surface area contributed by atoms with Crippen LogP contribution in [0.2, 0.25) is 0 Å². The van der Waals surface area contributed by atoms with Crippen LogP contribution in [0, 0.1) is 18.3 Å². The highest BCUT2D eigenvalue weighted by molar-refractivity contribution is 8.00. The monoisotopic (exact) mass is 223 g/mol. The van der Waals surface area contributed by atoms with Gasteiger partial charge in [0.2, 0.25) is 0 Å². The Morgan fingerprint density at radius 2 is 2.40 bits per heavy atom. The molecule has 15 heavy (non-hydrogen) atoms. The highest BCUT2D eigenvalue weighted by Gasteiger charge is 2.16. The fraction of sp³-hybridized carbons (Fsp3) is 0.333. The largest absolute Gasteiger partial charge is 0.480 e. The Labute approximate surface area is 91.2 Å². The lowest BCUT2D eigenvalue weighted by Crippen LogP contribution is -2.12. The summed E-state index contributed by atoms with van der Waals surface area (Å²) in [5.41, 5.74) is 0.304. The van der Waals surface area contributed by atoms with Gasteiger partial charge in [-0.2, -0.15) is 5.26 Å². The smallest absolute Gasteiger partial charge is 0.316 e. The lowest BCUT2D eigenvalue weighted by Gasteiger charge is -2.06. The predicted molar refractivity (Wildman–Crippen MR) is 54.4 cm³/mol. The molecule has 0 amide bonds. The lowest BCUT2D eigenvalue weighted by molar-refractivity contribution is -0.136. The Morgan fingerprint density at radius 3 is 2.93 bits per heavy atom. The van der Waals surface area contributed by atoms with Crippen LogP contribution in [0.25, 0.3) is 0 Å². The van der Waals surface area contributed by atoms with E-state index in [1.54, 1.807) is 13.8 Å². The summed E-state index contributed by atoms with van der Waals surface area (Å²) in [5, 5.41) is 17.3. The van der Waals surface area contributed by atoms with Gasteiger partial charge in [-0.05, 0) is 13.8 Å². The number of aryl methyl sites for hydroxylation is 1. The first kappa shape index (κ1) is 11.5. The third kappa shape index (κ3) is 2.92. The van der Waals surface area contributed by atoms with E-state index in [0.29, 0.717) is 16.4 Å². The molecular weight excluding hydrogens is 214 g/mol. The summed E-state index contributed by atoms with van der Waals surface area (Å²) in [4.78, 5) is 18.5. The van der Waals surface area contributed by atoms with Crippen molar-refractivity contribution in [2.45, 2.75) is 24.1 Å². The Bertz CT molecular complexity index is 428. The van der Waals surface area contributed by atoms with Crippen LogP contribution >= 0.6 is 11.8 Å². The molecule has 0 aliphatic heterocycles. The third-order valence-corrected chi connectivity index (χ3v) is 2.72. The van der Waals surface area contributed by atoms with E-state index in [2.05, 4.69) is 9.97 Å². The zero-order chi connectivity index (χ0) is 11.4. The van der Waals surface area contributed by atoms with Crippen LogP contribution in [0.5, 0.6) is 0 Å². The van der Waals surface area contributed by atoms with Gasteiger partial charge in [-0.3, -0.25) is 4.79 Å². The quantitative estimate of drug-likeness (QED) is 0.612. The van der Waals surface area contributed by atoms with Gasteiger partial charge >= 0.3 is 5.97 Å². The van der Waals surface area contributed by atoms with Gasteiger partial charge in [0, 0.05) is 6.20 Å². The van der Waals surface area contributed by atoms with E-state index >= 15 is 0 Å². The molecule has 0 aliphatic rings. The summed E-state index contributed by atoms with van der Waals surface area (Å²) in [7, 11) is 0. The number of hydrogen-bond acceptors (Lipinski definition) is 5. The van der Waals surface area contributed by atoms with Crippen molar-refractivity contribution < 1.29 is 9.90 Å². The Hall–Kier alpha value is -1.61. The van der Waals surface area contributed by atoms with E-state index in [1.165, 1.54) is 6.20 Å². The summed E-state index contributed by atoms with van der Waals surface area (Å²) in [5.74, 6) is -0.408. The van der Waals surface area contributed by atoms with E-state index < -0.39 is 11.2 Å². The second-order valence-corrected chi connectivity index (χ2v) is 4.18. The number of aromatic nitrogens is 2. The van der Waals surface area contributed by atoms with Crippen LogP contribution in [-0.4, -0.2) is 26.3 Å². The molecule has 1 atom stereocenters. The summed E-state index contributed by atoms with van der Waals surface area (Å²) in [6.45, 7) is 3.24. The molecule has 1 aromatic rings. The van der Waals surface area contributed by atoms with E-state index in [1.807, 2.05) is 6.07 Å². The molecule has 0 aromatic carbocycles. The molecule has 0 aliphatic carbocycles. The van der Waals surface area contributed by atoms with Crippen molar-refractivity contribution >= 4 is 17.7 Å². The van der Waals surface area contributed by atoms with Crippen molar-refractivity contribution in [3.05, 3.63) is 17.6 Å². The van der Waals surface area contributed by atoms with Crippen molar-refractivity contribution in [2.24, 2.45) is 0 Å². The maximum Gasteiger partial charge on any atom is 0.316 e. The summed E-state index contributed by atoms with van der Waals surface area (Å²) in [6.07, 6.45) is 1.40. The molecule has 0 saturated heterocycles. The highest BCUT2D eigenvalue weighted by atomic mass is 32.2. The topological polar surface area (TPSA) is 86.9 Å². The average Bonchev–Trinajstić information content (AvgIpc) is 2.18. The van der Waals surface area contributed by atoms with Crippen molar-refractivity contribution in [3.8, 4) is 6.07 Å². The number of carboxylic acid groups (broad SMARTS) is 1. The number of nitrogens with zero attached hydrogens (tertiary/aromatic N) is 3. The molecule has 1 rings (SSSR count). The first-order valence-electron chi connectivity index (χ1n) is 4.17. The second kappa shape index (κ2) is 4.75. The van der Waals surface area contributed by atoms with Gasteiger partial charge in [0.25, 0.3) is 0 Å². The summed E-state index contributed by atoms with van der Waals surface area (Å²) in [6, 6.07) is 1.93. The van der Waals surface area contributed by atoms with Gasteiger partial charge in [0.15, 0.2) is 0 Å². The molecule has 1 unspecified atom stereocenters. The number of rotatable bonds is 3. The first-order valence-corrected chi connectivity index (χ1v) is 5.05. The highest BCUT2D eigenvalue weighted by Crippen LogP contribution is 2.24. The second-order valence-electron chi connectivity index (χ2n) is 2.85. The van der Waals surface area contributed by atoms with Gasteiger partial charge in [-0.1, -0.05) is 11.8 Å². The van der Waals surface area contributed by atoms with Crippen LogP contribution in [0.4, 0.5) is 0 Å². The lowest BCUT2D eigenvalue weighted by atomic mass is 10.4. The maximum absolute atomic E-state index is 10.6. The van der Waals surface area contributed by atoms with E-state index in [0.717, 1.165) is 11.8 Å². The predicted octanol–water partition coefficient (Wildman–Crippen LogP) is 1.22. The summed E-state index contributed by atoms with van der Waals surface area (Å²) >= 11 is 1.04. The number of carbonyl (C=O) groups is 1. The van der Waals surface area contributed by atoms with Gasteiger partial charge in [-0.15, -0.1) is 0 Å². The van der Waals surface area contributed by atoms with Crippen molar-refractivity contribution in [2.75, 3.05) is 0 Å². The number of nitriles is 1. The number of thioether (sulfide) groups is 1. The molecule has 0 saturated carbocycles. The number of carboxylic acids is 1. The fourth-order valence-electron chi connectivity index (χ4n) is 0.834. The van der Waals surface area contributed by atoms with Gasteiger partial charge < -0.3 is 5.11 Å². The molecule has 0 spiro atoms. The third-order valence-electron chi connectivity index (χ3n) is 1.63. The zero-order valence-corrected chi connectivity index (χ0v) is 9.08. The minimum atomic E-state index is -0.930. The normalized spacial score (nSPS) is 11.8. The number of hydrogen-bond donors (Lipinski definition) is 1. The minimum Gasteiger partial charge on any atom is -0.480 e. The minimum absolute atomic E-state index is 0.304. The molecule has 0 bridgehead atoms. The Morgan fingerprint density at radius 1 is 1.73 bits per heavy atom. The van der Waals surface area contributed by atoms with E-state index in [4.69, 9.17) is 10.4 Å². The molecular formula is C9H9N3O2S. The number of aliphatic carboxylic acids is 1. The molecule has 1 aromatic heterocycles. The fourth-order valence-corrected chi connectivity index (χ4v) is 1.68. The zero-order valence-electron chi connectivity index (χ0n) is 8.26. The average molecular weight is 223 g/mol. The molecule has 6 heteroatoms. The Kier molecular flexibility index (Phi) is 3.63. The van der Waals surface area contributed by atoms with Crippen molar-refractivity contribution in [1.29, 1.82) is 5.26 Å². The summed E-state index contributed by atoms with van der Waals surface area (Å²) < 4.78 is 0. The molecule has 1 heterocycles. The SMILES string of the molecule is Cc1ncc(C#N)c(SC(C)C(=O)O)n1. The van der Waals surface area contributed by atoms with Crippen molar-refractivity contribution in [1.82, 2.24) is 9.97 Å². The molecule has 78 valence electrons. The molecule has 0 fully saturated rings. The van der Waals surface area contributed by atoms with Gasteiger partial charge in [-0.25, -0.2) is 9.97 Å². The molecule has 0 radical (unpaired) electrons. The molecule has 1 N–H and O–H groups in total. The van der Waals surface area contributed by atoms with Crippen LogP contribution in [-0.2, 0) is 4.79 Å². The van der Waals surface area contributed by atoms with E-state index in [9.17, 15) is 4.79 Å². The van der Waals surface area contributed by atoms with Crippen LogP contribution in [0.1, 0.15) is 18.3 Å². The first-order chi connectivity index (χ1) is 7.04. The van der Waals surface area contributed by atoms with Crippen LogP contribution in [0.3, 0.4) is 0 Å². The van der Waals surface area contributed by atoms with Gasteiger partial charge in [0.1, 0.15) is 27.7 Å². The Balaban J connectivity index is 2.98. The van der Waals surface area contributed by atoms with Crippen molar-refractivity contribution in [3.63, 3.8) is 0 Å². The standard InChI is InChI=1S/C9H9N3O2S/c1-5(9(13)14)15-8-7(3-10)4-11-6(2)12-8/h4-5H,1-2H3,(H,13,14). The maximum atomic E-state index is 10.6. The van der Waals surface area contributed by atoms with Crippen LogP contribution in [0.15, 0.2) is 11.2 Å². The molecule has 5 nitrogen and oxygen atoms in total.